The maximum absolute atomic E-state index is 12.4. The van der Waals surface area contributed by atoms with Crippen molar-refractivity contribution in [2.24, 2.45) is 5.41 Å². The Morgan fingerprint density at radius 2 is 0.917 bits per heavy atom. The summed E-state index contributed by atoms with van der Waals surface area (Å²) in [5, 5.41) is 0. The van der Waals surface area contributed by atoms with Crippen molar-refractivity contribution < 1.29 is 82.7 Å². The van der Waals surface area contributed by atoms with Crippen LogP contribution in [0.1, 0.15) is 6.92 Å². The summed E-state index contributed by atoms with van der Waals surface area (Å²) < 4.78 is 147. The van der Waals surface area contributed by atoms with E-state index in [0.717, 1.165) is 0 Å². The molecular formula is C9H3F12O2Re-. The molecule has 1 radical (unpaired) electrons. The Bertz CT molecular complexity index is 455. The summed E-state index contributed by atoms with van der Waals surface area (Å²) in [4.78, 5) is 21.8. The normalized spacial score (nSPS) is 14.0. The SMILES string of the molecule is CC(C(=O)C(=O)[C-](C(F)(F)F)C(F)(F)F)(C(F)(F)F)C(F)(F)F.[Re]. The first kappa shape index (κ1) is 25.3. The Kier molecular flexibility index (Phi) is 7.10. The topological polar surface area (TPSA) is 34.1 Å². The molecule has 0 aromatic carbocycles. The molecule has 2 nitrogen and oxygen atoms in total. The molecule has 0 aromatic heterocycles. The van der Waals surface area contributed by atoms with Gasteiger partial charge in [0.05, 0.1) is 11.6 Å². The first-order valence-corrected chi connectivity index (χ1v) is 4.93. The third kappa shape index (κ3) is 4.56. The number of carbonyl (C=O) groups excluding carboxylic acids is 2. The van der Waals surface area contributed by atoms with Gasteiger partial charge in [-0.05, 0) is 0 Å². The van der Waals surface area contributed by atoms with Crippen molar-refractivity contribution in [1.82, 2.24) is 0 Å². The van der Waals surface area contributed by atoms with Crippen molar-refractivity contribution in [3.63, 3.8) is 0 Å². The number of carbonyl (C=O) groups is 2. The number of hydrogen-bond acceptors (Lipinski definition) is 2. The van der Waals surface area contributed by atoms with Crippen molar-refractivity contribution in [2.75, 3.05) is 0 Å². The average molecular weight is 557 g/mol. The molecule has 0 saturated carbocycles. The van der Waals surface area contributed by atoms with Gasteiger partial charge in [-0.25, -0.2) is 0 Å². The van der Waals surface area contributed by atoms with E-state index in [1.165, 1.54) is 0 Å². The van der Waals surface area contributed by atoms with Gasteiger partial charge in [0.15, 0.2) is 5.41 Å². The van der Waals surface area contributed by atoms with Crippen molar-refractivity contribution in [1.29, 1.82) is 0 Å². The van der Waals surface area contributed by atoms with Gasteiger partial charge in [-0.3, -0.25) is 0 Å². The summed E-state index contributed by atoms with van der Waals surface area (Å²) in [6.45, 7) is -1.03. The van der Waals surface area contributed by atoms with Crippen LogP contribution < -0.4 is 0 Å². The molecule has 0 spiro atoms. The van der Waals surface area contributed by atoms with E-state index in [1.54, 1.807) is 0 Å². The first-order chi connectivity index (χ1) is 9.69. The van der Waals surface area contributed by atoms with Gasteiger partial charge in [0, 0.05) is 26.3 Å². The summed E-state index contributed by atoms with van der Waals surface area (Å²) in [5.41, 5.74) is -5.74. The number of halogens is 12. The summed E-state index contributed by atoms with van der Waals surface area (Å²) in [5.74, 6) is -12.2. The first-order valence-electron chi connectivity index (χ1n) is 4.93. The van der Waals surface area contributed by atoms with Crippen LogP contribution in [0.5, 0.6) is 0 Å². The molecule has 0 N–H and O–H groups in total. The predicted octanol–water partition coefficient (Wildman–Crippen LogP) is 3.95. The third-order valence-electron chi connectivity index (χ3n) is 2.59. The zero-order valence-electron chi connectivity index (χ0n) is 10.7. The second-order valence-electron chi connectivity index (χ2n) is 4.15. The van der Waals surface area contributed by atoms with Gasteiger partial charge >= 0.3 is 24.7 Å². The number of rotatable bonds is 3. The molecule has 143 valence electrons. The molecule has 0 atom stereocenters. The molecule has 0 aliphatic heterocycles. The van der Waals surface area contributed by atoms with Crippen molar-refractivity contribution in [3.8, 4) is 0 Å². The van der Waals surface area contributed by atoms with E-state index in [2.05, 4.69) is 0 Å². The molecule has 0 saturated heterocycles. The molecule has 0 aromatic rings. The van der Waals surface area contributed by atoms with Gasteiger partial charge in [-0.15, -0.1) is 0 Å². The fourth-order valence-electron chi connectivity index (χ4n) is 1.18. The number of Topliss-reactive ketones (excluding diaryl/α,β-unsaturated/α-hetero) is 2. The Morgan fingerprint density at radius 1 is 0.667 bits per heavy atom. The van der Waals surface area contributed by atoms with Crippen LogP contribution >= 0.6 is 0 Å². The van der Waals surface area contributed by atoms with Crippen molar-refractivity contribution in [3.05, 3.63) is 5.92 Å². The van der Waals surface area contributed by atoms with Crippen molar-refractivity contribution in [2.45, 2.75) is 31.6 Å². The van der Waals surface area contributed by atoms with Crippen LogP contribution in [-0.2, 0) is 30.0 Å². The fraction of sp³-hybridized carbons (Fsp3) is 0.667. The molecule has 15 heteroatoms. The van der Waals surface area contributed by atoms with Gasteiger partial charge in [0.25, 0.3) is 0 Å². The Morgan fingerprint density at radius 3 is 1.08 bits per heavy atom. The van der Waals surface area contributed by atoms with E-state index in [0.29, 0.717) is 0 Å². The molecule has 0 unspecified atom stereocenters. The Hall–Kier alpha value is -0.968. The largest absolute Gasteiger partial charge is 0.401 e. The predicted molar refractivity (Wildman–Crippen MR) is 45.6 cm³/mol. The molecular weight excluding hydrogens is 554 g/mol. The summed E-state index contributed by atoms with van der Waals surface area (Å²) in [7, 11) is 0. The van der Waals surface area contributed by atoms with E-state index in [-0.39, 0.29) is 20.4 Å². The summed E-state index contributed by atoms with van der Waals surface area (Å²) >= 11 is 0. The zero-order valence-corrected chi connectivity index (χ0v) is 13.4. The number of hydrogen-bond donors (Lipinski definition) is 0. The van der Waals surface area contributed by atoms with Crippen LogP contribution in [0.2, 0.25) is 0 Å². The van der Waals surface area contributed by atoms with Crippen LogP contribution in [-0.4, -0.2) is 36.3 Å². The van der Waals surface area contributed by atoms with Crippen LogP contribution in [0.15, 0.2) is 0 Å². The van der Waals surface area contributed by atoms with E-state index in [1.807, 2.05) is 0 Å². The Labute approximate surface area is 138 Å². The molecule has 0 rings (SSSR count). The maximum Gasteiger partial charge on any atom is 0.395 e. The maximum atomic E-state index is 12.4. The molecule has 0 aliphatic carbocycles. The van der Waals surface area contributed by atoms with E-state index >= 15 is 0 Å². The van der Waals surface area contributed by atoms with E-state index in [4.69, 9.17) is 0 Å². The minimum atomic E-state index is -6.69. The van der Waals surface area contributed by atoms with Gasteiger partial charge in [0.2, 0.25) is 0 Å². The smallest absolute Gasteiger partial charge is 0.395 e. The zero-order chi connectivity index (χ0) is 19.2. The van der Waals surface area contributed by atoms with Gasteiger partial charge in [-0.1, -0.05) is 6.92 Å². The minimum Gasteiger partial charge on any atom is -0.401 e. The third-order valence-corrected chi connectivity index (χ3v) is 2.59. The second-order valence-corrected chi connectivity index (χ2v) is 4.15. The number of ketones is 2. The van der Waals surface area contributed by atoms with Crippen LogP contribution in [0, 0.1) is 11.3 Å². The standard InChI is InChI=1S/C9H3F12O2.Re/c1-5(8(16,17)18,9(19,20)21)4(23)2(22)3(6(10,11)12)7(13,14)15;/h1H3;/q-1;. The molecule has 0 amide bonds. The van der Waals surface area contributed by atoms with Gasteiger partial charge in [-0.2, -0.15) is 52.7 Å². The molecule has 0 heterocycles. The molecule has 0 fully saturated rings. The second kappa shape index (κ2) is 6.74. The van der Waals surface area contributed by atoms with E-state index in [9.17, 15) is 62.3 Å². The quantitative estimate of drug-likeness (QED) is 0.300. The van der Waals surface area contributed by atoms with Crippen LogP contribution in [0.25, 0.3) is 0 Å². The molecule has 0 aliphatic rings. The summed E-state index contributed by atoms with van der Waals surface area (Å²) in [6.07, 6.45) is -26.7. The van der Waals surface area contributed by atoms with Crippen LogP contribution in [0.3, 0.4) is 0 Å². The fourth-order valence-corrected chi connectivity index (χ4v) is 1.18. The van der Waals surface area contributed by atoms with Gasteiger partial charge in [0.1, 0.15) is 0 Å². The molecule has 0 bridgehead atoms. The van der Waals surface area contributed by atoms with E-state index < -0.39 is 54.5 Å². The Balaban J connectivity index is 0. The average Bonchev–Trinajstić information content (AvgIpc) is 2.19. The minimum absolute atomic E-state index is 0. The summed E-state index contributed by atoms with van der Waals surface area (Å²) in [6, 6.07) is 0. The van der Waals surface area contributed by atoms with Gasteiger partial charge < -0.3 is 9.59 Å². The monoisotopic (exact) mass is 558 g/mol. The molecule has 24 heavy (non-hydrogen) atoms. The van der Waals surface area contributed by atoms with Crippen molar-refractivity contribution >= 4 is 11.6 Å². The number of alkyl halides is 12. The van der Waals surface area contributed by atoms with Crippen LogP contribution in [0.4, 0.5) is 52.7 Å².